The lowest BCUT2D eigenvalue weighted by atomic mass is 10.1. The number of hydrogen-bond donors (Lipinski definition) is 2. The van der Waals surface area contributed by atoms with E-state index in [1.54, 1.807) is 0 Å². The van der Waals surface area contributed by atoms with Crippen molar-refractivity contribution in [1.82, 2.24) is 5.32 Å². The second-order valence-electron chi connectivity index (χ2n) is 4.23. The first-order chi connectivity index (χ1) is 7.88. The van der Waals surface area contributed by atoms with Crippen LogP contribution in [0.5, 0.6) is 0 Å². The molecule has 1 saturated heterocycles. The molecule has 1 fully saturated rings. The topological polar surface area (TPSA) is 41.5 Å². The van der Waals surface area contributed by atoms with Crippen LogP contribution >= 0.6 is 0 Å². The fourth-order valence-electron chi connectivity index (χ4n) is 1.92. The van der Waals surface area contributed by atoms with E-state index < -0.39 is 0 Å². The zero-order valence-corrected chi connectivity index (χ0v) is 9.48. The Labute approximate surface area is 96.4 Å². The molecular formula is C13H19NO2. The Balaban J connectivity index is 1.79. The van der Waals surface area contributed by atoms with Gasteiger partial charge in [0.1, 0.15) is 0 Å². The first-order valence-electron chi connectivity index (χ1n) is 5.89. The second-order valence-corrected chi connectivity index (χ2v) is 4.23. The number of piperidine rings is 1. The maximum Gasteiger partial charge on any atom is 0.0720 e. The molecule has 0 amide bonds. The van der Waals surface area contributed by atoms with Crippen molar-refractivity contribution in [3.05, 3.63) is 35.4 Å². The van der Waals surface area contributed by atoms with Crippen LogP contribution < -0.4 is 5.32 Å². The van der Waals surface area contributed by atoms with Gasteiger partial charge in [0, 0.05) is 0 Å². The molecule has 0 aromatic heterocycles. The Kier molecular flexibility index (Phi) is 4.34. The number of ether oxygens (including phenoxy) is 1. The number of aliphatic hydroxyl groups is 1. The summed E-state index contributed by atoms with van der Waals surface area (Å²) in [7, 11) is 0. The largest absolute Gasteiger partial charge is 0.392 e. The zero-order valence-electron chi connectivity index (χ0n) is 9.48. The third kappa shape index (κ3) is 3.30. The maximum atomic E-state index is 8.92. The summed E-state index contributed by atoms with van der Waals surface area (Å²) in [5.41, 5.74) is 2.13. The fraction of sp³-hybridized carbons (Fsp3) is 0.538. The van der Waals surface area contributed by atoms with Crippen LogP contribution in [0.15, 0.2) is 24.3 Å². The van der Waals surface area contributed by atoms with Gasteiger partial charge in [-0.2, -0.15) is 0 Å². The highest BCUT2D eigenvalue weighted by Crippen LogP contribution is 2.11. The standard InChI is InChI=1S/C13H19NO2/c15-9-11-1-3-12(4-2-11)10-16-13-5-7-14-8-6-13/h1-4,13-15H,5-10H2. The number of nitrogens with one attached hydrogen (secondary N) is 1. The molecule has 0 spiro atoms. The molecule has 2 N–H and O–H groups in total. The average Bonchev–Trinajstić information content (AvgIpc) is 2.38. The minimum atomic E-state index is 0.107. The van der Waals surface area contributed by atoms with Gasteiger partial charge in [-0.3, -0.25) is 0 Å². The summed E-state index contributed by atoms with van der Waals surface area (Å²) in [6.07, 6.45) is 2.61. The maximum absolute atomic E-state index is 8.92. The highest BCUT2D eigenvalue weighted by atomic mass is 16.5. The molecule has 1 aliphatic rings. The van der Waals surface area contributed by atoms with Crippen molar-refractivity contribution in [3.8, 4) is 0 Å². The Morgan fingerprint density at radius 2 is 1.75 bits per heavy atom. The first-order valence-corrected chi connectivity index (χ1v) is 5.89. The summed E-state index contributed by atoms with van der Waals surface area (Å²) >= 11 is 0. The molecule has 0 radical (unpaired) electrons. The molecule has 0 atom stereocenters. The van der Waals surface area contributed by atoms with Crippen LogP contribution in [0.25, 0.3) is 0 Å². The second kappa shape index (κ2) is 5.99. The number of hydrogen-bond acceptors (Lipinski definition) is 3. The summed E-state index contributed by atoms with van der Waals surface area (Å²) in [5.74, 6) is 0. The van der Waals surface area contributed by atoms with Crippen molar-refractivity contribution in [2.75, 3.05) is 13.1 Å². The summed E-state index contributed by atoms with van der Waals surface area (Å²) in [4.78, 5) is 0. The van der Waals surface area contributed by atoms with E-state index in [2.05, 4.69) is 5.32 Å². The lowest BCUT2D eigenvalue weighted by Crippen LogP contribution is -2.32. The van der Waals surface area contributed by atoms with Crippen molar-refractivity contribution in [2.24, 2.45) is 0 Å². The molecule has 1 heterocycles. The average molecular weight is 221 g/mol. The van der Waals surface area contributed by atoms with Gasteiger partial charge in [0.05, 0.1) is 19.3 Å². The van der Waals surface area contributed by atoms with Crippen molar-refractivity contribution < 1.29 is 9.84 Å². The lowest BCUT2D eigenvalue weighted by molar-refractivity contribution is 0.0212. The molecule has 1 aliphatic heterocycles. The van der Waals surface area contributed by atoms with E-state index in [-0.39, 0.29) is 6.61 Å². The predicted octanol–water partition coefficient (Wildman–Crippen LogP) is 1.45. The SMILES string of the molecule is OCc1ccc(COC2CCNCC2)cc1. The van der Waals surface area contributed by atoms with E-state index in [0.29, 0.717) is 12.7 Å². The fourth-order valence-corrected chi connectivity index (χ4v) is 1.92. The summed E-state index contributed by atoms with van der Waals surface area (Å²) in [6, 6.07) is 7.93. The van der Waals surface area contributed by atoms with Crippen molar-refractivity contribution in [3.63, 3.8) is 0 Å². The molecular weight excluding hydrogens is 202 g/mol. The number of aliphatic hydroxyl groups excluding tert-OH is 1. The van der Waals surface area contributed by atoms with Crippen LogP contribution in [0.4, 0.5) is 0 Å². The smallest absolute Gasteiger partial charge is 0.0720 e. The van der Waals surface area contributed by atoms with Gasteiger partial charge in [0.25, 0.3) is 0 Å². The van der Waals surface area contributed by atoms with Crippen molar-refractivity contribution >= 4 is 0 Å². The predicted molar refractivity (Wildman–Crippen MR) is 63.0 cm³/mol. The molecule has 16 heavy (non-hydrogen) atoms. The molecule has 0 unspecified atom stereocenters. The summed E-state index contributed by atoms with van der Waals surface area (Å²) < 4.78 is 5.84. The van der Waals surface area contributed by atoms with E-state index in [0.717, 1.165) is 31.5 Å². The monoisotopic (exact) mass is 221 g/mol. The third-order valence-corrected chi connectivity index (χ3v) is 2.98. The molecule has 1 aromatic carbocycles. The van der Waals surface area contributed by atoms with Gasteiger partial charge in [0.15, 0.2) is 0 Å². The van der Waals surface area contributed by atoms with Gasteiger partial charge in [-0.15, -0.1) is 0 Å². The Bertz CT molecular complexity index is 304. The van der Waals surface area contributed by atoms with E-state index in [1.807, 2.05) is 24.3 Å². The normalized spacial score (nSPS) is 17.6. The summed E-state index contributed by atoms with van der Waals surface area (Å²) in [5, 5.41) is 12.2. The van der Waals surface area contributed by atoms with Gasteiger partial charge in [-0.05, 0) is 37.1 Å². The molecule has 0 aliphatic carbocycles. The third-order valence-electron chi connectivity index (χ3n) is 2.98. The van der Waals surface area contributed by atoms with Crippen LogP contribution in [-0.4, -0.2) is 24.3 Å². The van der Waals surface area contributed by atoms with Crippen molar-refractivity contribution in [2.45, 2.75) is 32.2 Å². The molecule has 88 valence electrons. The molecule has 1 aromatic rings. The Hall–Kier alpha value is -0.900. The van der Waals surface area contributed by atoms with E-state index >= 15 is 0 Å². The van der Waals surface area contributed by atoms with Gasteiger partial charge in [-0.1, -0.05) is 24.3 Å². The number of rotatable bonds is 4. The molecule has 3 nitrogen and oxygen atoms in total. The Morgan fingerprint density at radius 1 is 1.12 bits per heavy atom. The number of benzene rings is 1. The molecule has 3 heteroatoms. The minimum Gasteiger partial charge on any atom is -0.392 e. The van der Waals surface area contributed by atoms with Crippen LogP contribution in [0.2, 0.25) is 0 Å². The van der Waals surface area contributed by atoms with E-state index in [9.17, 15) is 0 Å². The van der Waals surface area contributed by atoms with Gasteiger partial charge < -0.3 is 15.2 Å². The van der Waals surface area contributed by atoms with E-state index in [1.165, 1.54) is 5.56 Å². The van der Waals surface area contributed by atoms with Crippen molar-refractivity contribution in [1.29, 1.82) is 0 Å². The van der Waals surface area contributed by atoms with Crippen LogP contribution in [0, 0.1) is 0 Å². The Morgan fingerprint density at radius 3 is 2.38 bits per heavy atom. The van der Waals surface area contributed by atoms with Gasteiger partial charge in [-0.25, -0.2) is 0 Å². The minimum absolute atomic E-state index is 0.107. The van der Waals surface area contributed by atoms with Crippen LogP contribution in [0.1, 0.15) is 24.0 Å². The van der Waals surface area contributed by atoms with Crippen LogP contribution in [-0.2, 0) is 18.0 Å². The van der Waals surface area contributed by atoms with Gasteiger partial charge >= 0.3 is 0 Å². The van der Waals surface area contributed by atoms with Crippen LogP contribution in [0.3, 0.4) is 0 Å². The molecule has 2 rings (SSSR count). The lowest BCUT2D eigenvalue weighted by Gasteiger charge is -2.22. The molecule has 0 bridgehead atoms. The summed E-state index contributed by atoms with van der Waals surface area (Å²) in [6.45, 7) is 2.91. The first kappa shape index (κ1) is 11.6. The highest BCUT2D eigenvalue weighted by molar-refractivity contribution is 5.21. The quantitative estimate of drug-likeness (QED) is 0.808. The highest BCUT2D eigenvalue weighted by Gasteiger charge is 2.12. The molecule has 0 saturated carbocycles. The van der Waals surface area contributed by atoms with Gasteiger partial charge in [0.2, 0.25) is 0 Å². The van der Waals surface area contributed by atoms with E-state index in [4.69, 9.17) is 9.84 Å². The zero-order chi connectivity index (χ0) is 11.2.